The molecule has 0 N–H and O–H groups in total. The Labute approximate surface area is 93.9 Å². The van der Waals surface area contributed by atoms with Crippen molar-refractivity contribution in [3.8, 4) is 6.07 Å². The van der Waals surface area contributed by atoms with Crippen LogP contribution in [0.25, 0.3) is 0 Å². The first-order valence-corrected chi connectivity index (χ1v) is 5.81. The van der Waals surface area contributed by atoms with E-state index in [9.17, 15) is 4.79 Å². The third-order valence-electron chi connectivity index (χ3n) is 2.12. The third kappa shape index (κ3) is 3.07. The number of rotatable bonds is 4. The van der Waals surface area contributed by atoms with Crippen LogP contribution >= 0.6 is 11.3 Å². The smallest absolute Gasteiger partial charge is 0.254 e. The van der Waals surface area contributed by atoms with Crippen molar-refractivity contribution in [1.29, 1.82) is 5.26 Å². The lowest BCUT2D eigenvalue weighted by molar-refractivity contribution is 0.0711. The molecule has 1 aromatic rings. The van der Waals surface area contributed by atoms with Gasteiger partial charge < -0.3 is 4.90 Å². The van der Waals surface area contributed by atoms with Crippen LogP contribution in [0.5, 0.6) is 0 Å². The summed E-state index contributed by atoms with van der Waals surface area (Å²) in [5, 5.41) is 12.2. The maximum Gasteiger partial charge on any atom is 0.254 e. The van der Waals surface area contributed by atoms with Gasteiger partial charge in [0.25, 0.3) is 5.91 Å². The molecule has 4 heteroatoms. The van der Waals surface area contributed by atoms with Gasteiger partial charge in [0.1, 0.15) is 0 Å². The molecule has 0 aliphatic carbocycles. The standard InChI is InChI=1S/C11H14N2OS/c1-9(2)13(6-3-5-12)11(14)10-4-7-15-8-10/h4,7-9H,3,6H2,1-2H3. The Bertz CT molecular complexity index is 351. The number of thiophene rings is 1. The van der Waals surface area contributed by atoms with Crippen LogP contribution in [0.15, 0.2) is 16.8 Å². The summed E-state index contributed by atoms with van der Waals surface area (Å²) in [6.07, 6.45) is 0.383. The Balaban J connectivity index is 2.73. The zero-order chi connectivity index (χ0) is 11.3. The summed E-state index contributed by atoms with van der Waals surface area (Å²) in [5.74, 6) is 0.0153. The van der Waals surface area contributed by atoms with E-state index in [4.69, 9.17) is 5.26 Å². The van der Waals surface area contributed by atoms with Crippen molar-refractivity contribution >= 4 is 17.2 Å². The zero-order valence-electron chi connectivity index (χ0n) is 8.93. The second kappa shape index (κ2) is 5.52. The monoisotopic (exact) mass is 222 g/mol. The van der Waals surface area contributed by atoms with Crippen molar-refractivity contribution in [3.63, 3.8) is 0 Å². The molecule has 1 heterocycles. The first kappa shape index (κ1) is 11.7. The van der Waals surface area contributed by atoms with Crippen molar-refractivity contribution < 1.29 is 4.79 Å². The van der Waals surface area contributed by atoms with E-state index in [2.05, 4.69) is 6.07 Å². The second-order valence-electron chi connectivity index (χ2n) is 3.51. The summed E-state index contributed by atoms with van der Waals surface area (Å²) in [5.41, 5.74) is 0.714. The van der Waals surface area contributed by atoms with E-state index < -0.39 is 0 Å². The fourth-order valence-corrected chi connectivity index (χ4v) is 1.95. The van der Waals surface area contributed by atoms with Gasteiger partial charge in [0, 0.05) is 18.0 Å². The summed E-state index contributed by atoms with van der Waals surface area (Å²) < 4.78 is 0. The van der Waals surface area contributed by atoms with Gasteiger partial charge in [-0.3, -0.25) is 4.79 Å². The normalized spacial score (nSPS) is 10.0. The van der Waals surface area contributed by atoms with Gasteiger partial charge in [0.05, 0.1) is 18.1 Å². The predicted molar refractivity (Wildman–Crippen MR) is 60.7 cm³/mol. The predicted octanol–water partition coefficient (Wildman–Crippen LogP) is 2.51. The van der Waals surface area contributed by atoms with E-state index in [1.165, 1.54) is 11.3 Å². The van der Waals surface area contributed by atoms with E-state index in [0.29, 0.717) is 18.5 Å². The Morgan fingerprint density at radius 3 is 2.87 bits per heavy atom. The first-order valence-electron chi connectivity index (χ1n) is 4.87. The van der Waals surface area contributed by atoms with Crippen LogP contribution in [0.3, 0.4) is 0 Å². The van der Waals surface area contributed by atoms with E-state index >= 15 is 0 Å². The molecule has 0 aliphatic heterocycles. The van der Waals surface area contributed by atoms with E-state index in [1.54, 1.807) is 4.90 Å². The van der Waals surface area contributed by atoms with E-state index in [0.717, 1.165) is 0 Å². The number of nitriles is 1. The zero-order valence-corrected chi connectivity index (χ0v) is 9.75. The van der Waals surface area contributed by atoms with Crippen molar-refractivity contribution in [2.24, 2.45) is 0 Å². The van der Waals surface area contributed by atoms with Crippen LogP contribution in [0.2, 0.25) is 0 Å². The molecule has 80 valence electrons. The van der Waals surface area contributed by atoms with Gasteiger partial charge in [-0.25, -0.2) is 0 Å². The summed E-state index contributed by atoms with van der Waals surface area (Å²) in [6.45, 7) is 4.42. The summed E-state index contributed by atoms with van der Waals surface area (Å²) in [6, 6.07) is 4.01. The number of hydrogen-bond donors (Lipinski definition) is 0. The highest BCUT2D eigenvalue weighted by atomic mass is 32.1. The average molecular weight is 222 g/mol. The highest BCUT2D eigenvalue weighted by Crippen LogP contribution is 2.12. The van der Waals surface area contributed by atoms with Gasteiger partial charge in [-0.1, -0.05) is 0 Å². The van der Waals surface area contributed by atoms with Crippen LogP contribution < -0.4 is 0 Å². The van der Waals surface area contributed by atoms with Crippen molar-refractivity contribution in [3.05, 3.63) is 22.4 Å². The lowest BCUT2D eigenvalue weighted by Gasteiger charge is -2.25. The first-order chi connectivity index (χ1) is 7.16. The molecule has 0 unspecified atom stereocenters. The van der Waals surface area contributed by atoms with Crippen LogP contribution in [-0.2, 0) is 0 Å². The molecule has 0 atom stereocenters. The molecule has 1 rings (SSSR count). The third-order valence-corrected chi connectivity index (χ3v) is 2.80. The molecule has 0 radical (unpaired) electrons. The molecule has 0 saturated heterocycles. The topological polar surface area (TPSA) is 44.1 Å². The van der Waals surface area contributed by atoms with E-state index in [1.807, 2.05) is 30.7 Å². The molecule has 3 nitrogen and oxygen atoms in total. The van der Waals surface area contributed by atoms with Gasteiger partial charge >= 0.3 is 0 Å². The van der Waals surface area contributed by atoms with Crippen molar-refractivity contribution in [2.75, 3.05) is 6.54 Å². The number of amides is 1. The summed E-state index contributed by atoms with van der Waals surface area (Å²) in [4.78, 5) is 13.7. The molecular formula is C11H14N2OS. The summed E-state index contributed by atoms with van der Waals surface area (Å²) in [7, 11) is 0. The Morgan fingerprint density at radius 1 is 1.67 bits per heavy atom. The molecule has 15 heavy (non-hydrogen) atoms. The molecule has 0 spiro atoms. The Kier molecular flexibility index (Phi) is 4.32. The van der Waals surface area contributed by atoms with Crippen molar-refractivity contribution in [2.45, 2.75) is 26.3 Å². The molecule has 0 fully saturated rings. The molecular weight excluding hydrogens is 208 g/mol. The average Bonchev–Trinajstić information content (AvgIpc) is 2.70. The van der Waals surface area contributed by atoms with Crippen LogP contribution in [-0.4, -0.2) is 23.4 Å². The Hall–Kier alpha value is -1.34. The van der Waals surface area contributed by atoms with Crippen LogP contribution in [0.4, 0.5) is 0 Å². The number of carbonyl (C=O) groups is 1. The number of carbonyl (C=O) groups excluding carboxylic acids is 1. The Morgan fingerprint density at radius 2 is 2.40 bits per heavy atom. The van der Waals surface area contributed by atoms with Gasteiger partial charge in [-0.15, -0.1) is 0 Å². The molecule has 0 aromatic carbocycles. The van der Waals surface area contributed by atoms with Crippen LogP contribution in [0, 0.1) is 11.3 Å². The maximum absolute atomic E-state index is 12.0. The minimum absolute atomic E-state index is 0.0153. The largest absolute Gasteiger partial charge is 0.335 e. The molecule has 1 aromatic heterocycles. The highest BCUT2D eigenvalue weighted by Gasteiger charge is 2.18. The van der Waals surface area contributed by atoms with Gasteiger partial charge in [0.2, 0.25) is 0 Å². The quantitative estimate of drug-likeness (QED) is 0.785. The summed E-state index contributed by atoms with van der Waals surface area (Å²) >= 11 is 1.51. The van der Waals surface area contributed by atoms with Gasteiger partial charge in [-0.05, 0) is 25.3 Å². The van der Waals surface area contributed by atoms with Crippen LogP contribution in [0.1, 0.15) is 30.6 Å². The minimum Gasteiger partial charge on any atom is -0.335 e. The fraction of sp³-hybridized carbons (Fsp3) is 0.455. The molecule has 0 bridgehead atoms. The van der Waals surface area contributed by atoms with Gasteiger partial charge in [-0.2, -0.15) is 16.6 Å². The maximum atomic E-state index is 12.0. The highest BCUT2D eigenvalue weighted by molar-refractivity contribution is 7.08. The molecule has 1 amide bonds. The minimum atomic E-state index is 0.0153. The molecule has 0 aliphatic rings. The fourth-order valence-electron chi connectivity index (χ4n) is 1.32. The van der Waals surface area contributed by atoms with Gasteiger partial charge in [0.15, 0.2) is 0 Å². The molecule has 0 saturated carbocycles. The van der Waals surface area contributed by atoms with E-state index in [-0.39, 0.29) is 11.9 Å². The SMILES string of the molecule is CC(C)N(CCC#N)C(=O)c1ccsc1. The lowest BCUT2D eigenvalue weighted by atomic mass is 10.2. The number of nitrogens with zero attached hydrogens (tertiary/aromatic N) is 2. The number of hydrogen-bond acceptors (Lipinski definition) is 3. The second-order valence-corrected chi connectivity index (χ2v) is 4.29. The lowest BCUT2D eigenvalue weighted by Crippen LogP contribution is -2.37. The van der Waals surface area contributed by atoms with Crippen molar-refractivity contribution in [1.82, 2.24) is 4.90 Å².